The number of carboxylic acid groups (broad SMARTS) is 1. The lowest BCUT2D eigenvalue weighted by molar-refractivity contribution is -0.139. The molecule has 0 fully saturated rings. The summed E-state index contributed by atoms with van der Waals surface area (Å²) in [6.45, 7) is 5.73. The van der Waals surface area contributed by atoms with E-state index in [0.29, 0.717) is 35.8 Å². The molecule has 38 heavy (non-hydrogen) atoms. The van der Waals surface area contributed by atoms with Crippen molar-refractivity contribution in [3.8, 4) is 5.88 Å². The number of hydrogen-bond donors (Lipinski definition) is 3. The number of oxime groups is 1. The third-order valence-electron chi connectivity index (χ3n) is 5.07. The maximum Gasteiger partial charge on any atom is 0.341 e. The van der Waals surface area contributed by atoms with Gasteiger partial charge in [0.2, 0.25) is 11.8 Å². The number of rotatable bonds is 12. The second kappa shape index (κ2) is 17.4. The summed E-state index contributed by atoms with van der Waals surface area (Å²) in [5.41, 5.74) is 7.27. The SMILES string of the molecule is CCSC(C)CC1CC(=O)C(/C(CC)=N/OC/C=C/Cl)=C(O)C1.Nc1c(Cl)c(F)nc(OCC(=O)O)c1Cl. The fourth-order valence-corrected chi connectivity index (χ4v) is 4.93. The Kier molecular flexibility index (Phi) is 15.5. The van der Waals surface area contributed by atoms with E-state index >= 15 is 0 Å². The molecular formula is C24H31Cl3FN3O6S. The topological polar surface area (TPSA) is 144 Å². The number of carboxylic acids is 1. The maximum atomic E-state index is 12.9. The van der Waals surface area contributed by atoms with Crippen molar-refractivity contribution in [1.29, 1.82) is 0 Å². The number of carbonyl (C=O) groups is 2. The van der Waals surface area contributed by atoms with Crippen molar-refractivity contribution in [3.05, 3.63) is 38.9 Å². The third-order valence-corrected chi connectivity index (χ3v) is 7.07. The van der Waals surface area contributed by atoms with Gasteiger partial charge in [-0.1, -0.05) is 60.7 Å². The normalized spacial score (nSPS) is 16.8. The van der Waals surface area contributed by atoms with Crippen LogP contribution in [0.25, 0.3) is 0 Å². The predicted molar refractivity (Wildman–Crippen MR) is 150 cm³/mol. The average molecular weight is 615 g/mol. The number of aliphatic hydroxyl groups excluding tert-OH is 1. The molecule has 2 unspecified atom stereocenters. The molecule has 4 N–H and O–H groups in total. The molecule has 9 nitrogen and oxygen atoms in total. The van der Waals surface area contributed by atoms with E-state index in [4.69, 9.17) is 50.5 Å². The molecule has 0 saturated heterocycles. The Bertz CT molecular complexity index is 1070. The number of pyridine rings is 1. The quantitative estimate of drug-likeness (QED) is 0.105. The molecule has 0 radical (unpaired) electrons. The van der Waals surface area contributed by atoms with Crippen LogP contribution < -0.4 is 10.5 Å². The highest BCUT2D eigenvalue weighted by molar-refractivity contribution is 7.99. The molecular weight excluding hydrogens is 584 g/mol. The zero-order valence-corrected chi connectivity index (χ0v) is 24.3. The summed E-state index contributed by atoms with van der Waals surface area (Å²) in [5.74, 6) is -1.34. The van der Waals surface area contributed by atoms with Crippen molar-refractivity contribution >= 4 is 69.7 Å². The van der Waals surface area contributed by atoms with Gasteiger partial charge in [-0.3, -0.25) is 4.79 Å². The van der Waals surface area contributed by atoms with Crippen LogP contribution in [0.4, 0.5) is 10.1 Å². The van der Waals surface area contributed by atoms with Crippen LogP contribution in [0.5, 0.6) is 5.88 Å². The van der Waals surface area contributed by atoms with E-state index in [2.05, 4.69) is 28.7 Å². The van der Waals surface area contributed by atoms with Crippen LogP contribution in [-0.4, -0.2) is 56.9 Å². The molecule has 0 bridgehead atoms. The summed E-state index contributed by atoms with van der Waals surface area (Å²) in [7, 11) is 0. The Hall–Kier alpha value is -2.21. The zero-order chi connectivity index (χ0) is 28.8. The van der Waals surface area contributed by atoms with Crippen LogP contribution in [0.15, 0.2) is 28.1 Å². The molecule has 1 aromatic heterocycles. The van der Waals surface area contributed by atoms with E-state index in [-0.39, 0.29) is 34.8 Å². The molecule has 2 atom stereocenters. The van der Waals surface area contributed by atoms with E-state index < -0.39 is 29.4 Å². The van der Waals surface area contributed by atoms with Crippen molar-refractivity contribution in [3.63, 3.8) is 0 Å². The van der Waals surface area contributed by atoms with Crippen molar-refractivity contribution < 1.29 is 33.8 Å². The Morgan fingerprint density at radius 2 is 2.03 bits per heavy atom. The number of aliphatic carboxylic acids is 1. The highest BCUT2D eigenvalue weighted by atomic mass is 35.5. The second-order valence-corrected chi connectivity index (χ2v) is 10.7. The first-order valence-corrected chi connectivity index (χ1v) is 13.9. The standard InChI is InChI=1S/C17H26ClNO3S.C7H5Cl2FN2O3/c1-4-14(19-22-8-6-7-18)17-15(20)10-13(11-16(17)21)9-12(3)23-5-2;8-3-5(11)4(9)7(12-6(3)10)15-1-2(13)14/h6-7,12-13,20H,4-5,8-11H2,1-3H3;1H2,(H2,11,12)(H,13,14)/b7-6+,19-14+;. The number of anilines is 1. The molecule has 2 rings (SSSR count). The largest absolute Gasteiger partial charge is 0.511 e. The van der Waals surface area contributed by atoms with Crippen molar-refractivity contribution in [1.82, 2.24) is 4.98 Å². The highest BCUT2D eigenvalue weighted by Crippen LogP contribution is 2.35. The number of Topliss-reactive ketones (excluding diaryl/α,β-unsaturated/α-hetero) is 1. The Morgan fingerprint density at radius 1 is 1.34 bits per heavy atom. The van der Waals surface area contributed by atoms with Gasteiger partial charge in [0.05, 0.1) is 17.0 Å². The van der Waals surface area contributed by atoms with Crippen LogP contribution in [0.2, 0.25) is 10.0 Å². The predicted octanol–water partition coefficient (Wildman–Crippen LogP) is 6.42. The first-order chi connectivity index (χ1) is 18.0. The second-order valence-electron chi connectivity index (χ2n) is 8.00. The molecule has 212 valence electrons. The van der Waals surface area contributed by atoms with Crippen LogP contribution in [0.1, 0.15) is 46.5 Å². The molecule has 0 amide bonds. The number of aromatic nitrogens is 1. The minimum Gasteiger partial charge on any atom is -0.511 e. The van der Waals surface area contributed by atoms with Gasteiger partial charge >= 0.3 is 5.97 Å². The highest BCUT2D eigenvalue weighted by Gasteiger charge is 2.31. The fourth-order valence-electron chi connectivity index (χ4n) is 3.51. The minimum absolute atomic E-state index is 0.0375. The number of halogens is 4. The number of thioether (sulfide) groups is 1. The zero-order valence-electron chi connectivity index (χ0n) is 21.2. The number of ether oxygens (including phenoxy) is 1. The molecule has 0 aromatic carbocycles. The number of nitrogens with zero attached hydrogens (tertiary/aromatic N) is 2. The number of allylic oxidation sites excluding steroid dienone is 2. The number of aliphatic hydroxyl groups is 1. The molecule has 1 aliphatic carbocycles. The van der Waals surface area contributed by atoms with Gasteiger partial charge in [0.25, 0.3) is 0 Å². The minimum atomic E-state index is -1.25. The van der Waals surface area contributed by atoms with Gasteiger partial charge in [0.1, 0.15) is 22.4 Å². The maximum absolute atomic E-state index is 12.9. The number of nitrogens with two attached hydrogens (primary N) is 1. The lowest BCUT2D eigenvalue weighted by Gasteiger charge is -2.25. The molecule has 1 aliphatic rings. The summed E-state index contributed by atoms with van der Waals surface area (Å²) in [5, 5.41) is 22.5. The Labute approximate surface area is 240 Å². The van der Waals surface area contributed by atoms with E-state index in [9.17, 15) is 19.1 Å². The number of nitrogen functional groups attached to an aromatic ring is 1. The molecule has 14 heteroatoms. The molecule has 0 saturated carbocycles. The van der Waals surface area contributed by atoms with E-state index in [1.165, 1.54) is 5.54 Å². The summed E-state index contributed by atoms with van der Waals surface area (Å²) < 4.78 is 17.5. The number of carbonyl (C=O) groups excluding carboxylic acids is 1. The van der Waals surface area contributed by atoms with Gasteiger partial charge < -0.3 is 25.5 Å². The van der Waals surface area contributed by atoms with Gasteiger partial charge in [-0.05, 0) is 30.6 Å². The van der Waals surface area contributed by atoms with Crippen molar-refractivity contribution in [2.75, 3.05) is 24.7 Å². The first kappa shape index (κ1) is 33.8. The number of hydrogen-bond acceptors (Lipinski definition) is 9. The summed E-state index contributed by atoms with van der Waals surface area (Å²) in [4.78, 5) is 30.9. The van der Waals surface area contributed by atoms with Crippen LogP contribution >= 0.6 is 46.6 Å². The number of ketones is 1. The fraction of sp³-hybridized carbons (Fsp3) is 0.500. The third kappa shape index (κ3) is 10.9. The van der Waals surface area contributed by atoms with Crippen LogP contribution in [0, 0.1) is 11.9 Å². The molecule has 0 aliphatic heterocycles. The van der Waals surface area contributed by atoms with E-state index in [1.807, 2.05) is 18.7 Å². The lowest BCUT2D eigenvalue weighted by atomic mass is 9.82. The van der Waals surface area contributed by atoms with Gasteiger partial charge in [-0.25, -0.2) is 4.79 Å². The molecule has 0 spiro atoms. The molecule has 1 heterocycles. The van der Waals surface area contributed by atoms with Crippen LogP contribution in [-0.2, 0) is 14.4 Å². The Morgan fingerprint density at radius 3 is 2.58 bits per heavy atom. The van der Waals surface area contributed by atoms with Gasteiger partial charge in [-0.15, -0.1) is 0 Å². The average Bonchev–Trinajstić information content (AvgIpc) is 2.85. The monoisotopic (exact) mass is 613 g/mol. The molecule has 1 aromatic rings. The lowest BCUT2D eigenvalue weighted by Crippen LogP contribution is -2.26. The smallest absolute Gasteiger partial charge is 0.341 e. The van der Waals surface area contributed by atoms with E-state index in [1.54, 1.807) is 6.08 Å². The summed E-state index contributed by atoms with van der Waals surface area (Å²) in [6, 6.07) is 0. The van der Waals surface area contributed by atoms with Gasteiger partial charge in [0.15, 0.2) is 12.4 Å². The summed E-state index contributed by atoms with van der Waals surface area (Å²) >= 11 is 18.3. The summed E-state index contributed by atoms with van der Waals surface area (Å²) in [6.07, 6.45) is 4.09. The van der Waals surface area contributed by atoms with Gasteiger partial charge in [0, 0.05) is 23.6 Å². The van der Waals surface area contributed by atoms with Crippen molar-refractivity contribution in [2.45, 2.75) is 51.7 Å². The van der Waals surface area contributed by atoms with E-state index in [0.717, 1.165) is 12.2 Å². The van der Waals surface area contributed by atoms with Crippen LogP contribution in [0.3, 0.4) is 0 Å². The Balaban J connectivity index is 0.000000415. The van der Waals surface area contributed by atoms with Gasteiger partial charge in [-0.2, -0.15) is 21.1 Å². The first-order valence-electron chi connectivity index (χ1n) is 11.6. The van der Waals surface area contributed by atoms with Crippen molar-refractivity contribution in [2.24, 2.45) is 11.1 Å².